The Labute approximate surface area is 206 Å². The summed E-state index contributed by atoms with van der Waals surface area (Å²) in [6, 6.07) is 11.5. The van der Waals surface area contributed by atoms with Gasteiger partial charge in [-0.3, -0.25) is 14.5 Å². The molecule has 0 saturated carbocycles. The van der Waals surface area contributed by atoms with Gasteiger partial charge in [-0.05, 0) is 55.7 Å². The van der Waals surface area contributed by atoms with Gasteiger partial charge in [-0.1, -0.05) is 46.9 Å². The number of nitrogens with zero attached hydrogens (tertiary/aromatic N) is 2. The summed E-state index contributed by atoms with van der Waals surface area (Å²) < 4.78 is 5.41. The van der Waals surface area contributed by atoms with Crippen LogP contribution in [0.15, 0.2) is 42.5 Å². The van der Waals surface area contributed by atoms with Gasteiger partial charge in [-0.2, -0.15) is 0 Å². The number of halogens is 3. The minimum atomic E-state index is -1.12. The molecule has 0 aromatic heterocycles. The molecular weight excluding hydrogens is 491 g/mol. The fourth-order valence-corrected chi connectivity index (χ4v) is 4.18. The van der Waals surface area contributed by atoms with Gasteiger partial charge >= 0.3 is 12.1 Å². The van der Waals surface area contributed by atoms with Crippen LogP contribution in [0.3, 0.4) is 0 Å². The van der Waals surface area contributed by atoms with Crippen molar-refractivity contribution in [3.8, 4) is 5.75 Å². The van der Waals surface area contributed by atoms with Gasteiger partial charge in [0.2, 0.25) is 5.91 Å². The van der Waals surface area contributed by atoms with E-state index in [0.717, 1.165) is 5.56 Å². The summed E-state index contributed by atoms with van der Waals surface area (Å²) in [4.78, 5) is 40.2. The Morgan fingerprint density at radius 3 is 2.33 bits per heavy atom. The lowest BCUT2D eigenvalue weighted by atomic mass is 9.85. The Balaban J connectivity index is 1.75. The SMILES string of the molecule is CC1(C(=O)N(CCCC(=O)O)Cc2ccc(Cl)cc2)CCN1C(=O)Oc1ccc(Cl)cc1Cl. The molecule has 1 aliphatic rings. The molecule has 1 aliphatic heterocycles. The first-order valence-corrected chi connectivity index (χ1v) is 11.4. The van der Waals surface area contributed by atoms with E-state index in [-0.39, 0.29) is 42.6 Å². The molecule has 1 unspecified atom stereocenters. The van der Waals surface area contributed by atoms with Crippen LogP contribution in [-0.4, -0.2) is 51.5 Å². The number of hydrogen-bond acceptors (Lipinski definition) is 4. The molecule has 2 aromatic rings. The van der Waals surface area contributed by atoms with E-state index in [4.69, 9.17) is 44.6 Å². The average Bonchev–Trinajstić information content (AvgIpc) is 2.74. The third-order valence-electron chi connectivity index (χ3n) is 5.58. The number of carboxylic acid groups (broad SMARTS) is 1. The van der Waals surface area contributed by atoms with Crippen molar-refractivity contribution in [2.75, 3.05) is 13.1 Å². The first-order valence-electron chi connectivity index (χ1n) is 10.3. The molecule has 10 heteroatoms. The molecule has 3 rings (SSSR count). The highest BCUT2D eigenvalue weighted by Crippen LogP contribution is 2.35. The van der Waals surface area contributed by atoms with Crippen LogP contribution < -0.4 is 4.74 Å². The molecule has 2 amide bonds. The number of likely N-dealkylation sites (tertiary alicyclic amines) is 1. The zero-order chi connectivity index (χ0) is 24.2. The molecule has 0 bridgehead atoms. The van der Waals surface area contributed by atoms with Crippen molar-refractivity contribution in [2.24, 2.45) is 0 Å². The standard InChI is InChI=1S/C23H23Cl3N2O5/c1-23(10-12-28(23)22(32)33-19-9-8-17(25)13-18(19)26)21(31)27(11-2-3-20(29)30)14-15-4-6-16(24)7-5-15/h4-9,13H,2-3,10-12,14H2,1H3,(H,29,30). The molecule has 176 valence electrons. The third kappa shape index (κ3) is 6.10. The van der Waals surface area contributed by atoms with Crippen LogP contribution in [0, 0.1) is 0 Å². The van der Waals surface area contributed by atoms with Crippen molar-refractivity contribution in [3.05, 3.63) is 63.1 Å². The number of ether oxygens (including phenoxy) is 1. The van der Waals surface area contributed by atoms with Gasteiger partial charge in [0.25, 0.3) is 0 Å². The van der Waals surface area contributed by atoms with Crippen molar-refractivity contribution < 1.29 is 24.2 Å². The predicted molar refractivity (Wildman–Crippen MR) is 126 cm³/mol. The summed E-state index contributed by atoms with van der Waals surface area (Å²) in [7, 11) is 0. The molecule has 1 fully saturated rings. The van der Waals surface area contributed by atoms with Crippen molar-refractivity contribution >= 4 is 52.8 Å². The number of carbonyl (C=O) groups is 3. The van der Waals surface area contributed by atoms with Gasteiger partial charge < -0.3 is 14.7 Å². The van der Waals surface area contributed by atoms with Crippen LogP contribution >= 0.6 is 34.8 Å². The third-order valence-corrected chi connectivity index (χ3v) is 6.37. The zero-order valence-electron chi connectivity index (χ0n) is 17.9. The molecule has 1 heterocycles. The van der Waals surface area contributed by atoms with Gasteiger partial charge in [0, 0.05) is 36.1 Å². The van der Waals surface area contributed by atoms with Crippen LogP contribution in [0.4, 0.5) is 4.79 Å². The summed E-state index contributed by atoms with van der Waals surface area (Å²) in [5, 5.41) is 10.2. The fraction of sp³-hybridized carbons (Fsp3) is 0.348. The van der Waals surface area contributed by atoms with Crippen LogP contribution in [0.25, 0.3) is 0 Å². The van der Waals surface area contributed by atoms with Crippen molar-refractivity contribution in [2.45, 2.75) is 38.3 Å². The van der Waals surface area contributed by atoms with Crippen molar-refractivity contribution in [1.29, 1.82) is 0 Å². The molecule has 0 aliphatic carbocycles. The summed E-state index contributed by atoms with van der Waals surface area (Å²) in [6.07, 6.45) is -0.0265. The second-order valence-corrected chi connectivity index (χ2v) is 9.25. The first kappa shape index (κ1) is 25.1. The summed E-state index contributed by atoms with van der Waals surface area (Å²) >= 11 is 17.9. The van der Waals surface area contributed by atoms with Gasteiger partial charge in [0.1, 0.15) is 5.54 Å². The van der Waals surface area contributed by atoms with Crippen LogP contribution in [0.1, 0.15) is 31.7 Å². The Morgan fingerprint density at radius 2 is 1.76 bits per heavy atom. The monoisotopic (exact) mass is 512 g/mol. The highest BCUT2D eigenvalue weighted by Gasteiger charge is 2.52. The Bertz CT molecular complexity index is 1050. The average molecular weight is 514 g/mol. The molecule has 0 spiro atoms. The van der Waals surface area contributed by atoms with E-state index in [1.165, 1.54) is 17.0 Å². The number of carbonyl (C=O) groups excluding carboxylic acids is 2. The number of aliphatic carboxylic acids is 1. The summed E-state index contributed by atoms with van der Waals surface area (Å²) in [6.45, 7) is 2.51. The van der Waals surface area contributed by atoms with Crippen LogP contribution in [0.2, 0.25) is 15.1 Å². The van der Waals surface area contributed by atoms with Crippen LogP contribution in [0.5, 0.6) is 5.75 Å². The maximum absolute atomic E-state index is 13.5. The lowest BCUT2D eigenvalue weighted by Gasteiger charge is -2.49. The Hall–Kier alpha value is -2.48. The fourth-order valence-electron chi connectivity index (χ4n) is 3.61. The molecular formula is C23H23Cl3N2O5. The van der Waals surface area contributed by atoms with Gasteiger partial charge in [0.15, 0.2) is 5.75 Å². The molecule has 0 radical (unpaired) electrons. The maximum Gasteiger partial charge on any atom is 0.416 e. The summed E-state index contributed by atoms with van der Waals surface area (Å²) in [5.41, 5.74) is -0.279. The smallest absolute Gasteiger partial charge is 0.416 e. The number of benzene rings is 2. The molecule has 33 heavy (non-hydrogen) atoms. The van der Waals surface area contributed by atoms with E-state index in [2.05, 4.69) is 0 Å². The lowest BCUT2D eigenvalue weighted by Crippen LogP contribution is -2.68. The lowest BCUT2D eigenvalue weighted by molar-refractivity contribution is -0.150. The highest BCUT2D eigenvalue weighted by atomic mass is 35.5. The van der Waals surface area contributed by atoms with Crippen LogP contribution in [-0.2, 0) is 16.1 Å². The highest BCUT2D eigenvalue weighted by molar-refractivity contribution is 6.35. The van der Waals surface area contributed by atoms with E-state index < -0.39 is 17.6 Å². The molecule has 1 saturated heterocycles. The predicted octanol–water partition coefficient (Wildman–Crippen LogP) is 5.50. The number of hydrogen-bond donors (Lipinski definition) is 1. The van der Waals surface area contributed by atoms with Gasteiger partial charge in [-0.25, -0.2) is 4.79 Å². The van der Waals surface area contributed by atoms with Gasteiger partial charge in [0.05, 0.1) is 5.02 Å². The Kier molecular flexibility index (Phi) is 8.10. The molecule has 7 nitrogen and oxygen atoms in total. The molecule has 2 aromatic carbocycles. The normalized spacial score (nSPS) is 17.3. The topological polar surface area (TPSA) is 87.2 Å². The first-order chi connectivity index (χ1) is 15.6. The quantitative estimate of drug-likeness (QED) is 0.503. The zero-order valence-corrected chi connectivity index (χ0v) is 20.2. The van der Waals surface area contributed by atoms with Crippen molar-refractivity contribution in [1.82, 2.24) is 9.80 Å². The number of amides is 2. The van der Waals surface area contributed by atoms with E-state index >= 15 is 0 Å². The second-order valence-electron chi connectivity index (χ2n) is 7.97. The van der Waals surface area contributed by atoms with E-state index in [1.807, 2.05) is 0 Å². The number of rotatable bonds is 8. The minimum absolute atomic E-state index is 0.0675. The van der Waals surface area contributed by atoms with Crippen molar-refractivity contribution in [3.63, 3.8) is 0 Å². The minimum Gasteiger partial charge on any atom is -0.481 e. The maximum atomic E-state index is 13.5. The van der Waals surface area contributed by atoms with Gasteiger partial charge in [-0.15, -0.1) is 0 Å². The van der Waals surface area contributed by atoms with E-state index in [0.29, 0.717) is 23.0 Å². The van der Waals surface area contributed by atoms with E-state index in [1.54, 1.807) is 42.2 Å². The molecule has 1 N–H and O–H groups in total. The Morgan fingerprint density at radius 1 is 1.09 bits per heavy atom. The van der Waals surface area contributed by atoms with E-state index in [9.17, 15) is 14.4 Å². The second kappa shape index (κ2) is 10.6. The largest absolute Gasteiger partial charge is 0.481 e. The molecule has 1 atom stereocenters. The summed E-state index contributed by atoms with van der Waals surface area (Å²) in [5.74, 6) is -1.07. The number of carboxylic acids is 1.